The summed E-state index contributed by atoms with van der Waals surface area (Å²) in [5, 5.41) is 0.809. The van der Waals surface area contributed by atoms with Crippen LogP contribution in [-0.4, -0.2) is 33.4 Å². The molecule has 0 saturated carbocycles. The van der Waals surface area contributed by atoms with E-state index in [0.717, 1.165) is 29.3 Å². The lowest BCUT2D eigenvalue weighted by molar-refractivity contribution is -0.117. The maximum atomic E-state index is 12.4. The molecule has 25 heavy (non-hydrogen) atoms. The van der Waals surface area contributed by atoms with Crippen LogP contribution >= 0.6 is 11.8 Å². The van der Waals surface area contributed by atoms with E-state index < -0.39 is 0 Å². The van der Waals surface area contributed by atoms with Crippen molar-refractivity contribution in [3.05, 3.63) is 60.4 Å². The van der Waals surface area contributed by atoms with Gasteiger partial charge in [0, 0.05) is 30.4 Å². The molecule has 0 unspecified atom stereocenters. The van der Waals surface area contributed by atoms with E-state index in [4.69, 9.17) is 0 Å². The van der Waals surface area contributed by atoms with E-state index in [-0.39, 0.29) is 11.7 Å². The standard InChI is InChI=1S/C19H17N3O2S/c23-17(13-25-19-20-12-16-4-1-2-10-22(16)19)14-6-8-15(9-7-14)21-11-3-5-18(21)24/h1-2,4,6-10,12H,3,5,11,13H2. The molecule has 126 valence electrons. The van der Waals surface area contributed by atoms with Gasteiger partial charge in [-0.05, 0) is 42.8 Å². The molecule has 1 fully saturated rings. The molecule has 6 heteroatoms. The van der Waals surface area contributed by atoms with E-state index in [2.05, 4.69) is 4.98 Å². The lowest BCUT2D eigenvalue weighted by Crippen LogP contribution is -2.23. The van der Waals surface area contributed by atoms with Crippen molar-refractivity contribution >= 4 is 34.7 Å². The number of fused-ring (bicyclic) bond motifs is 1. The second kappa shape index (κ2) is 6.72. The molecule has 1 aliphatic heterocycles. The van der Waals surface area contributed by atoms with Gasteiger partial charge in [-0.3, -0.25) is 14.0 Å². The molecule has 5 nitrogen and oxygen atoms in total. The Labute approximate surface area is 149 Å². The molecule has 1 aliphatic rings. The molecule has 0 aliphatic carbocycles. The Morgan fingerprint density at radius 2 is 2.00 bits per heavy atom. The molecule has 3 heterocycles. The number of hydrogen-bond donors (Lipinski definition) is 0. The number of carbonyl (C=O) groups is 2. The Hall–Kier alpha value is -2.60. The predicted molar refractivity (Wildman–Crippen MR) is 98.3 cm³/mol. The van der Waals surface area contributed by atoms with E-state index in [1.807, 2.05) is 40.9 Å². The number of ketones is 1. The molecular weight excluding hydrogens is 334 g/mol. The highest BCUT2D eigenvalue weighted by Crippen LogP contribution is 2.23. The third-order valence-electron chi connectivity index (χ3n) is 4.31. The van der Waals surface area contributed by atoms with Gasteiger partial charge < -0.3 is 4.90 Å². The number of amides is 1. The van der Waals surface area contributed by atoms with Crippen molar-refractivity contribution in [1.29, 1.82) is 0 Å². The first-order chi connectivity index (χ1) is 12.2. The fourth-order valence-corrected chi connectivity index (χ4v) is 3.85. The van der Waals surface area contributed by atoms with E-state index in [1.165, 1.54) is 11.8 Å². The zero-order valence-corrected chi connectivity index (χ0v) is 14.4. The molecule has 0 atom stereocenters. The fraction of sp³-hybridized carbons (Fsp3) is 0.211. The Kier molecular flexibility index (Phi) is 4.28. The number of aromatic nitrogens is 2. The van der Waals surface area contributed by atoms with Crippen molar-refractivity contribution in [2.45, 2.75) is 18.0 Å². The van der Waals surface area contributed by atoms with Crippen LogP contribution in [0.2, 0.25) is 0 Å². The summed E-state index contributed by atoms with van der Waals surface area (Å²) in [6.45, 7) is 0.759. The van der Waals surface area contributed by atoms with E-state index >= 15 is 0 Å². The summed E-state index contributed by atoms with van der Waals surface area (Å²) < 4.78 is 1.97. The highest BCUT2D eigenvalue weighted by Gasteiger charge is 2.21. The monoisotopic (exact) mass is 351 g/mol. The first-order valence-electron chi connectivity index (χ1n) is 8.21. The van der Waals surface area contributed by atoms with Crippen molar-refractivity contribution in [2.75, 3.05) is 17.2 Å². The van der Waals surface area contributed by atoms with Crippen LogP contribution in [0.15, 0.2) is 60.0 Å². The van der Waals surface area contributed by atoms with Crippen molar-refractivity contribution in [3.8, 4) is 0 Å². The van der Waals surface area contributed by atoms with Gasteiger partial charge in [-0.2, -0.15) is 0 Å². The summed E-state index contributed by atoms with van der Waals surface area (Å²) in [6.07, 6.45) is 5.25. The van der Waals surface area contributed by atoms with Crippen LogP contribution in [0.4, 0.5) is 5.69 Å². The largest absolute Gasteiger partial charge is 0.312 e. The zero-order chi connectivity index (χ0) is 17.2. The van der Waals surface area contributed by atoms with Crippen molar-refractivity contribution in [2.24, 2.45) is 0 Å². The number of rotatable bonds is 5. The number of nitrogens with zero attached hydrogens (tertiary/aromatic N) is 3. The lowest BCUT2D eigenvalue weighted by atomic mass is 10.1. The van der Waals surface area contributed by atoms with Crippen LogP contribution in [0.1, 0.15) is 23.2 Å². The fourth-order valence-electron chi connectivity index (χ4n) is 2.99. The van der Waals surface area contributed by atoms with Crippen molar-refractivity contribution < 1.29 is 9.59 Å². The number of thioether (sulfide) groups is 1. The number of benzene rings is 1. The SMILES string of the molecule is O=C(CSc1ncc2ccccn12)c1ccc(N2CCCC2=O)cc1. The molecule has 0 N–H and O–H groups in total. The number of Topliss-reactive ketones (excluding diaryl/α,β-unsaturated/α-hetero) is 1. The quantitative estimate of drug-likeness (QED) is 0.522. The van der Waals surface area contributed by atoms with Crippen LogP contribution in [0.3, 0.4) is 0 Å². The van der Waals surface area contributed by atoms with Gasteiger partial charge in [0.15, 0.2) is 10.9 Å². The summed E-state index contributed by atoms with van der Waals surface area (Å²) in [5.41, 5.74) is 2.53. The van der Waals surface area contributed by atoms with Crippen LogP contribution < -0.4 is 4.90 Å². The molecule has 4 rings (SSSR count). The zero-order valence-electron chi connectivity index (χ0n) is 13.6. The topological polar surface area (TPSA) is 54.7 Å². The summed E-state index contributed by atoms with van der Waals surface area (Å²) in [5.74, 6) is 0.536. The number of carbonyl (C=O) groups excluding carboxylic acids is 2. The first kappa shape index (κ1) is 15.9. The number of imidazole rings is 1. The Morgan fingerprint density at radius 3 is 2.76 bits per heavy atom. The van der Waals surface area contributed by atoms with Gasteiger partial charge in [0.05, 0.1) is 17.5 Å². The first-order valence-corrected chi connectivity index (χ1v) is 9.19. The summed E-state index contributed by atoms with van der Waals surface area (Å²) in [4.78, 5) is 30.4. The number of hydrogen-bond acceptors (Lipinski definition) is 4. The highest BCUT2D eigenvalue weighted by molar-refractivity contribution is 7.99. The smallest absolute Gasteiger partial charge is 0.227 e. The summed E-state index contributed by atoms with van der Waals surface area (Å²) in [7, 11) is 0. The molecular formula is C19H17N3O2S. The lowest BCUT2D eigenvalue weighted by Gasteiger charge is -2.15. The minimum atomic E-state index is 0.0528. The van der Waals surface area contributed by atoms with Crippen LogP contribution in [0.25, 0.3) is 5.52 Å². The van der Waals surface area contributed by atoms with Gasteiger partial charge in [-0.15, -0.1) is 0 Å². The predicted octanol–water partition coefficient (Wildman–Crippen LogP) is 3.44. The average molecular weight is 351 g/mol. The van der Waals surface area contributed by atoms with Gasteiger partial charge in [0.25, 0.3) is 0 Å². The number of pyridine rings is 1. The van der Waals surface area contributed by atoms with Crippen molar-refractivity contribution in [1.82, 2.24) is 9.38 Å². The molecule has 0 spiro atoms. The molecule has 2 aromatic heterocycles. The maximum absolute atomic E-state index is 12.4. The normalized spacial score (nSPS) is 14.4. The van der Waals surface area contributed by atoms with E-state index in [9.17, 15) is 9.59 Å². The minimum Gasteiger partial charge on any atom is -0.312 e. The van der Waals surface area contributed by atoms with E-state index in [1.54, 1.807) is 23.2 Å². The Morgan fingerprint density at radius 1 is 1.16 bits per heavy atom. The van der Waals surface area contributed by atoms with Gasteiger partial charge in [0.1, 0.15) is 0 Å². The molecule has 1 amide bonds. The summed E-state index contributed by atoms with van der Waals surface area (Å²) in [6, 6.07) is 13.2. The van der Waals surface area contributed by atoms with Crippen LogP contribution in [-0.2, 0) is 4.79 Å². The highest BCUT2D eigenvalue weighted by atomic mass is 32.2. The Balaban J connectivity index is 1.43. The van der Waals surface area contributed by atoms with Crippen molar-refractivity contribution in [3.63, 3.8) is 0 Å². The third-order valence-corrected chi connectivity index (χ3v) is 5.28. The second-order valence-electron chi connectivity index (χ2n) is 5.94. The molecule has 1 saturated heterocycles. The molecule has 3 aromatic rings. The molecule has 0 radical (unpaired) electrons. The second-order valence-corrected chi connectivity index (χ2v) is 6.89. The minimum absolute atomic E-state index is 0.0528. The number of anilines is 1. The van der Waals surface area contributed by atoms with Crippen LogP contribution in [0.5, 0.6) is 0 Å². The van der Waals surface area contributed by atoms with Crippen LogP contribution in [0, 0.1) is 0 Å². The van der Waals surface area contributed by atoms with E-state index in [0.29, 0.717) is 17.7 Å². The summed E-state index contributed by atoms with van der Waals surface area (Å²) >= 11 is 1.43. The third kappa shape index (κ3) is 3.17. The van der Waals surface area contributed by atoms with Gasteiger partial charge in [-0.25, -0.2) is 4.98 Å². The Bertz CT molecular complexity index is 933. The van der Waals surface area contributed by atoms with Gasteiger partial charge >= 0.3 is 0 Å². The van der Waals surface area contributed by atoms with Gasteiger partial charge in [0.2, 0.25) is 5.91 Å². The van der Waals surface area contributed by atoms with Gasteiger partial charge in [-0.1, -0.05) is 17.8 Å². The average Bonchev–Trinajstić information content (AvgIpc) is 3.26. The molecule has 1 aromatic carbocycles. The molecule has 0 bridgehead atoms. The maximum Gasteiger partial charge on any atom is 0.227 e.